The molecule has 0 atom stereocenters. The maximum atomic E-state index is 12.1. The monoisotopic (exact) mass is 284 g/mol. The van der Waals surface area contributed by atoms with Gasteiger partial charge in [0, 0.05) is 11.0 Å². The van der Waals surface area contributed by atoms with Gasteiger partial charge in [0.2, 0.25) is 9.84 Å². The molecule has 0 saturated heterocycles. The van der Waals surface area contributed by atoms with Gasteiger partial charge < -0.3 is 4.74 Å². The van der Waals surface area contributed by atoms with Crippen molar-refractivity contribution >= 4 is 9.84 Å². The quantitative estimate of drug-likeness (QED) is 0.519. The van der Waals surface area contributed by atoms with Crippen LogP contribution in [0.15, 0.2) is 32.8 Å². The first-order valence-corrected chi connectivity index (χ1v) is 7.54. The van der Waals surface area contributed by atoms with Gasteiger partial charge in [-0.1, -0.05) is 13.8 Å². The molecule has 3 heterocycles. The smallest absolute Gasteiger partial charge is 0.207 e. The van der Waals surface area contributed by atoms with Crippen molar-refractivity contribution in [1.82, 2.24) is 0 Å². The SMILES string of the molecule is CC1=C2C(=C3C=C(C2(C)C)S3(=O)=O)OC1(C)C.NN. The van der Waals surface area contributed by atoms with Gasteiger partial charge in [-0.15, -0.1) is 0 Å². The lowest BCUT2D eigenvalue weighted by molar-refractivity contribution is 0.0910. The average Bonchev–Trinajstić information content (AvgIpc) is 2.51. The van der Waals surface area contributed by atoms with Gasteiger partial charge in [-0.25, -0.2) is 8.42 Å². The van der Waals surface area contributed by atoms with E-state index in [1.165, 1.54) is 0 Å². The van der Waals surface area contributed by atoms with Crippen molar-refractivity contribution in [3.05, 3.63) is 32.8 Å². The highest BCUT2D eigenvalue weighted by Gasteiger charge is 2.57. The van der Waals surface area contributed by atoms with Crippen molar-refractivity contribution in [3.8, 4) is 0 Å². The number of rotatable bonds is 0. The molecule has 0 saturated carbocycles. The molecule has 0 aromatic heterocycles. The van der Waals surface area contributed by atoms with Crippen LogP contribution in [0.4, 0.5) is 0 Å². The second kappa shape index (κ2) is 3.71. The molecule has 19 heavy (non-hydrogen) atoms. The Morgan fingerprint density at radius 3 is 2.16 bits per heavy atom. The molecular weight excluding hydrogens is 264 g/mol. The van der Waals surface area contributed by atoms with Gasteiger partial charge in [0.1, 0.15) is 16.3 Å². The van der Waals surface area contributed by atoms with Crippen LogP contribution >= 0.6 is 0 Å². The van der Waals surface area contributed by atoms with Crippen molar-refractivity contribution in [2.75, 3.05) is 0 Å². The van der Waals surface area contributed by atoms with E-state index in [1.54, 1.807) is 6.08 Å². The predicted molar refractivity (Wildman–Crippen MR) is 74.0 cm³/mol. The van der Waals surface area contributed by atoms with Crippen LogP contribution in [0.5, 0.6) is 0 Å². The second-order valence-electron chi connectivity index (χ2n) is 5.94. The van der Waals surface area contributed by atoms with Gasteiger partial charge >= 0.3 is 0 Å². The maximum Gasteiger partial charge on any atom is 0.207 e. The fraction of sp³-hybridized carbons (Fsp3) is 0.538. The molecule has 4 aliphatic rings. The molecule has 4 rings (SSSR count). The zero-order chi connectivity index (χ0) is 14.8. The first-order chi connectivity index (χ1) is 8.60. The molecule has 0 spiro atoms. The first-order valence-electron chi connectivity index (χ1n) is 6.06. The number of hydrogen-bond donors (Lipinski definition) is 2. The second-order valence-corrected chi connectivity index (χ2v) is 7.83. The molecule has 2 bridgehead atoms. The van der Waals surface area contributed by atoms with Crippen molar-refractivity contribution < 1.29 is 13.2 Å². The molecule has 0 aromatic rings. The van der Waals surface area contributed by atoms with E-state index in [1.807, 2.05) is 34.6 Å². The van der Waals surface area contributed by atoms with E-state index in [0.717, 1.165) is 11.1 Å². The van der Waals surface area contributed by atoms with Gasteiger partial charge in [-0.3, -0.25) is 11.7 Å². The highest BCUT2D eigenvalue weighted by atomic mass is 32.2. The lowest BCUT2D eigenvalue weighted by Crippen LogP contribution is -2.36. The van der Waals surface area contributed by atoms with E-state index < -0.39 is 20.9 Å². The number of ether oxygens (including phenoxy) is 1. The third kappa shape index (κ3) is 1.50. The standard InChI is InChI=1S/C13H16O3S.H4N2/c1-7-10-11(16-13(7,4)5)8-6-9(12(10,2)3)17(8,14)15;1-2/h6H,1-5H3;1-2H2. The average molecular weight is 284 g/mol. The van der Waals surface area contributed by atoms with Crippen LogP contribution in [0.25, 0.3) is 0 Å². The Kier molecular flexibility index (Phi) is 2.80. The largest absolute Gasteiger partial charge is 0.482 e. The van der Waals surface area contributed by atoms with Crippen molar-refractivity contribution in [1.29, 1.82) is 0 Å². The normalized spacial score (nSPS) is 27.6. The van der Waals surface area contributed by atoms with Crippen LogP contribution in [0.3, 0.4) is 0 Å². The summed E-state index contributed by atoms with van der Waals surface area (Å²) in [6.45, 7) is 9.90. The van der Waals surface area contributed by atoms with Crippen molar-refractivity contribution in [2.45, 2.75) is 40.2 Å². The minimum atomic E-state index is -3.22. The van der Waals surface area contributed by atoms with Crippen LogP contribution in [0.1, 0.15) is 34.6 Å². The number of allylic oxidation sites excluding steroid dienone is 3. The Morgan fingerprint density at radius 2 is 1.68 bits per heavy atom. The van der Waals surface area contributed by atoms with Crippen LogP contribution in [0, 0.1) is 5.41 Å². The molecular formula is C13H20N2O3S. The van der Waals surface area contributed by atoms with E-state index in [2.05, 4.69) is 11.7 Å². The van der Waals surface area contributed by atoms with Gasteiger partial charge in [0.05, 0.1) is 4.91 Å². The summed E-state index contributed by atoms with van der Waals surface area (Å²) in [5, 5.41) is 0. The lowest BCUT2D eigenvalue weighted by atomic mass is 9.76. The Labute approximate surface area is 113 Å². The zero-order valence-corrected chi connectivity index (χ0v) is 12.7. The molecule has 5 nitrogen and oxygen atoms in total. The summed E-state index contributed by atoms with van der Waals surface area (Å²) in [6, 6.07) is 0. The highest BCUT2D eigenvalue weighted by molar-refractivity contribution is 8.00. The number of sulfone groups is 1. The van der Waals surface area contributed by atoms with E-state index in [-0.39, 0.29) is 0 Å². The van der Waals surface area contributed by atoms with Gasteiger partial charge in [0.25, 0.3) is 0 Å². The van der Waals surface area contributed by atoms with Crippen molar-refractivity contribution in [2.24, 2.45) is 17.1 Å². The molecule has 0 amide bonds. The molecule has 0 aromatic carbocycles. The van der Waals surface area contributed by atoms with Gasteiger partial charge in [-0.2, -0.15) is 0 Å². The zero-order valence-electron chi connectivity index (χ0n) is 11.9. The lowest BCUT2D eigenvalue weighted by Gasteiger charge is -2.40. The summed E-state index contributed by atoms with van der Waals surface area (Å²) in [5.74, 6) is 8.58. The third-order valence-corrected chi connectivity index (χ3v) is 6.26. The summed E-state index contributed by atoms with van der Waals surface area (Å²) in [5.41, 5.74) is 1.32. The molecule has 1 aliphatic carbocycles. The van der Waals surface area contributed by atoms with E-state index in [0.29, 0.717) is 15.6 Å². The summed E-state index contributed by atoms with van der Waals surface area (Å²) in [4.78, 5) is 0.895. The number of nitrogens with two attached hydrogens (primary N) is 2. The Morgan fingerprint density at radius 1 is 1.16 bits per heavy atom. The Hall–Kier alpha value is -1.11. The van der Waals surface area contributed by atoms with Gasteiger partial charge in [0.15, 0.2) is 0 Å². The van der Waals surface area contributed by atoms with Crippen LogP contribution in [0.2, 0.25) is 0 Å². The summed E-state index contributed by atoms with van der Waals surface area (Å²) in [7, 11) is -3.22. The Bertz CT molecular complexity index is 649. The van der Waals surface area contributed by atoms with E-state index in [9.17, 15) is 8.42 Å². The molecule has 0 fully saturated rings. The maximum absolute atomic E-state index is 12.1. The van der Waals surface area contributed by atoms with Gasteiger partial charge in [-0.05, 0) is 32.4 Å². The molecule has 106 valence electrons. The molecule has 6 heteroatoms. The fourth-order valence-electron chi connectivity index (χ4n) is 2.94. The number of hydrazine groups is 1. The van der Waals surface area contributed by atoms with Crippen LogP contribution in [-0.2, 0) is 14.6 Å². The molecule has 0 unspecified atom stereocenters. The summed E-state index contributed by atoms with van der Waals surface area (Å²) >= 11 is 0. The van der Waals surface area contributed by atoms with E-state index >= 15 is 0 Å². The molecule has 0 radical (unpaired) electrons. The summed E-state index contributed by atoms with van der Waals surface area (Å²) < 4.78 is 30.0. The van der Waals surface area contributed by atoms with Crippen LogP contribution < -0.4 is 11.7 Å². The van der Waals surface area contributed by atoms with Crippen LogP contribution in [-0.4, -0.2) is 14.0 Å². The Balaban J connectivity index is 0.000000637. The summed E-state index contributed by atoms with van der Waals surface area (Å²) in [6.07, 6.45) is 1.75. The third-order valence-electron chi connectivity index (χ3n) is 4.17. The highest BCUT2D eigenvalue weighted by Crippen LogP contribution is 2.60. The minimum Gasteiger partial charge on any atom is -0.482 e. The topological polar surface area (TPSA) is 95.4 Å². The first kappa shape index (κ1) is 14.3. The predicted octanol–water partition coefficient (Wildman–Crippen LogP) is 1.49. The number of hydrogen-bond acceptors (Lipinski definition) is 5. The molecule has 4 N–H and O–H groups in total. The molecule has 3 aliphatic heterocycles. The van der Waals surface area contributed by atoms with E-state index in [4.69, 9.17) is 4.74 Å². The fourth-order valence-corrected chi connectivity index (χ4v) is 4.70. The minimum absolute atomic E-state index is 0.367. The van der Waals surface area contributed by atoms with Crippen molar-refractivity contribution in [3.63, 3.8) is 0 Å².